The maximum Gasteiger partial charge on any atom is 0.472 e. The molecule has 0 aromatic carbocycles. The lowest BCUT2D eigenvalue weighted by Gasteiger charge is -2.24. The number of nitrogens with zero attached hydrogens (tertiary/aromatic N) is 1. The van der Waals surface area contributed by atoms with E-state index in [9.17, 15) is 19.0 Å². The van der Waals surface area contributed by atoms with Crippen LogP contribution in [0.25, 0.3) is 0 Å². The van der Waals surface area contributed by atoms with E-state index in [0.29, 0.717) is 17.4 Å². The zero-order chi connectivity index (χ0) is 40.0. The quantitative estimate of drug-likeness (QED) is 0.0217. The number of unbranched alkanes of at least 4 members (excludes halogenated alkanes) is 16. The van der Waals surface area contributed by atoms with Crippen LogP contribution in [0.15, 0.2) is 48.6 Å². The molecule has 0 heterocycles. The Hall–Kier alpha value is -2.03. The minimum absolute atomic E-state index is 0.0218. The predicted octanol–water partition coefficient (Wildman–Crippen LogP) is 11.9. The van der Waals surface area contributed by atoms with Crippen molar-refractivity contribution >= 4 is 19.8 Å². The van der Waals surface area contributed by atoms with Crippen LogP contribution in [0.1, 0.15) is 168 Å². The predicted molar refractivity (Wildman–Crippen MR) is 224 cm³/mol. The van der Waals surface area contributed by atoms with Gasteiger partial charge < -0.3 is 18.9 Å². The largest absolute Gasteiger partial charge is 0.472 e. The molecule has 0 saturated heterocycles. The van der Waals surface area contributed by atoms with E-state index < -0.39 is 26.5 Å². The lowest BCUT2D eigenvalue weighted by molar-refractivity contribution is -0.870. The number of quaternary nitrogens is 1. The van der Waals surface area contributed by atoms with Gasteiger partial charge in [0.05, 0.1) is 27.7 Å². The molecule has 0 spiro atoms. The smallest absolute Gasteiger partial charge is 0.462 e. The fourth-order valence-electron chi connectivity index (χ4n) is 5.43. The van der Waals surface area contributed by atoms with Gasteiger partial charge in [0.25, 0.3) is 0 Å². The number of rotatable bonds is 38. The number of likely N-dealkylation sites (N-methyl/N-ethyl adjacent to an activating group) is 1. The third-order valence-corrected chi connectivity index (χ3v) is 9.82. The van der Waals surface area contributed by atoms with Crippen LogP contribution in [-0.2, 0) is 32.7 Å². The zero-order valence-corrected chi connectivity index (χ0v) is 36.1. The van der Waals surface area contributed by atoms with Crippen molar-refractivity contribution < 1.29 is 42.1 Å². The number of esters is 2. The van der Waals surface area contributed by atoms with Crippen molar-refractivity contribution in [3.05, 3.63) is 48.6 Å². The summed E-state index contributed by atoms with van der Waals surface area (Å²) in [6.07, 6.45) is 41.6. The summed E-state index contributed by atoms with van der Waals surface area (Å²) in [6.45, 7) is 4.32. The van der Waals surface area contributed by atoms with Crippen molar-refractivity contribution in [2.24, 2.45) is 0 Å². The third kappa shape index (κ3) is 39.7. The molecule has 0 aliphatic heterocycles. The number of allylic oxidation sites excluding steroid dienone is 8. The van der Waals surface area contributed by atoms with Crippen molar-refractivity contribution in [2.75, 3.05) is 47.5 Å². The van der Waals surface area contributed by atoms with E-state index in [0.717, 1.165) is 70.6 Å². The summed E-state index contributed by atoms with van der Waals surface area (Å²) in [6, 6.07) is 0. The van der Waals surface area contributed by atoms with E-state index in [1.54, 1.807) is 0 Å². The molecule has 9 nitrogen and oxygen atoms in total. The number of phosphoric acid groups is 1. The molecular weight excluding hydrogens is 701 g/mol. The minimum atomic E-state index is -4.38. The summed E-state index contributed by atoms with van der Waals surface area (Å²) < 4.78 is 34.2. The highest BCUT2D eigenvalue weighted by Crippen LogP contribution is 2.43. The number of hydrogen-bond donors (Lipinski definition) is 1. The summed E-state index contributed by atoms with van der Waals surface area (Å²) in [5, 5.41) is 0. The topological polar surface area (TPSA) is 108 Å². The summed E-state index contributed by atoms with van der Waals surface area (Å²) in [5.74, 6) is -0.856. The van der Waals surface area contributed by atoms with Gasteiger partial charge in [-0.1, -0.05) is 127 Å². The van der Waals surface area contributed by atoms with Crippen LogP contribution in [-0.4, -0.2) is 74.9 Å². The third-order valence-electron chi connectivity index (χ3n) is 8.83. The zero-order valence-electron chi connectivity index (χ0n) is 35.2. The number of carbonyl (C=O) groups is 2. The summed E-state index contributed by atoms with van der Waals surface area (Å²) in [7, 11) is 1.44. The van der Waals surface area contributed by atoms with Gasteiger partial charge in [0, 0.05) is 12.8 Å². The Bertz CT molecular complexity index is 1070. The fourth-order valence-corrected chi connectivity index (χ4v) is 6.17. The first-order valence-electron chi connectivity index (χ1n) is 21.4. The van der Waals surface area contributed by atoms with Crippen molar-refractivity contribution in [3.8, 4) is 0 Å². The Labute approximate surface area is 331 Å². The fraction of sp³-hybridized carbons (Fsp3) is 0.773. The molecule has 54 heavy (non-hydrogen) atoms. The average molecular weight is 783 g/mol. The first-order chi connectivity index (χ1) is 26.0. The molecule has 0 aliphatic carbocycles. The van der Waals surface area contributed by atoms with Gasteiger partial charge >= 0.3 is 19.8 Å². The number of ether oxygens (including phenoxy) is 2. The maximum atomic E-state index is 12.6. The van der Waals surface area contributed by atoms with Gasteiger partial charge in [-0.3, -0.25) is 18.6 Å². The van der Waals surface area contributed by atoms with Gasteiger partial charge in [0.2, 0.25) is 0 Å². The lowest BCUT2D eigenvalue weighted by Crippen LogP contribution is -2.37. The average Bonchev–Trinajstić information content (AvgIpc) is 3.12. The molecule has 1 unspecified atom stereocenters. The molecule has 2 atom stereocenters. The molecule has 0 saturated carbocycles. The van der Waals surface area contributed by atoms with Crippen LogP contribution in [0.2, 0.25) is 0 Å². The van der Waals surface area contributed by atoms with E-state index in [2.05, 4.69) is 62.5 Å². The van der Waals surface area contributed by atoms with Crippen LogP contribution in [0.5, 0.6) is 0 Å². The van der Waals surface area contributed by atoms with E-state index in [-0.39, 0.29) is 32.0 Å². The van der Waals surface area contributed by atoms with Gasteiger partial charge in [0.15, 0.2) is 6.10 Å². The monoisotopic (exact) mass is 783 g/mol. The molecule has 0 fully saturated rings. The molecule has 0 amide bonds. The normalized spacial score (nSPS) is 14.1. The van der Waals surface area contributed by atoms with Crippen LogP contribution in [0.4, 0.5) is 0 Å². The first-order valence-corrected chi connectivity index (χ1v) is 22.9. The Balaban J connectivity index is 4.47. The number of phosphoric ester groups is 1. The molecular formula is C44H81NO8P+. The molecule has 10 heteroatoms. The van der Waals surface area contributed by atoms with Crippen molar-refractivity contribution in [1.82, 2.24) is 0 Å². The van der Waals surface area contributed by atoms with E-state index >= 15 is 0 Å². The second-order valence-corrected chi connectivity index (χ2v) is 16.8. The van der Waals surface area contributed by atoms with Crippen LogP contribution in [0.3, 0.4) is 0 Å². The minimum Gasteiger partial charge on any atom is -0.462 e. The van der Waals surface area contributed by atoms with Crippen molar-refractivity contribution in [1.29, 1.82) is 0 Å². The van der Waals surface area contributed by atoms with E-state index in [1.807, 2.05) is 21.1 Å². The second-order valence-electron chi connectivity index (χ2n) is 15.4. The Morgan fingerprint density at radius 3 is 1.57 bits per heavy atom. The van der Waals surface area contributed by atoms with Gasteiger partial charge in [0.1, 0.15) is 19.8 Å². The SMILES string of the molecule is CCCCC/C=C\C/C=C\C/C=C\CCCCC(=O)O[C@H](COC(=O)CCCCCCC/C=C\CCCCCCCC)COP(=O)(O)OCC[N+](C)(C)C. The lowest BCUT2D eigenvalue weighted by atomic mass is 10.1. The van der Waals surface area contributed by atoms with Crippen molar-refractivity contribution in [3.63, 3.8) is 0 Å². The highest BCUT2D eigenvalue weighted by Gasteiger charge is 2.27. The molecule has 0 bridgehead atoms. The van der Waals surface area contributed by atoms with Crippen LogP contribution >= 0.6 is 7.82 Å². The van der Waals surface area contributed by atoms with Gasteiger partial charge in [-0.05, 0) is 77.0 Å². The molecule has 314 valence electrons. The van der Waals surface area contributed by atoms with Gasteiger partial charge in [-0.15, -0.1) is 0 Å². The van der Waals surface area contributed by atoms with Gasteiger partial charge in [-0.25, -0.2) is 4.57 Å². The summed E-state index contributed by atoms with van der Waals surface area (Å²) >= 11 is 0. The van der Waals surface area contributed by atoms with Crippen LogP contribution < -0.4 is 0 Å². The molecule has 1 N–H and O–H groups in total. The van der Waals surface area contributed by atoms with Gasteiger partial charge in [-0.2, -0.15) is 0 Å². The van der Waals surface area contributed by atoms with E-state index in [1.165, 1.54) is 64.2 Å². The number of carbonyl (C=O) groups excluding carboxylic acids is 2. The number of hydrogen-bond acceptors (Lipinski definition) is 7. The van der Waals surface area contributed by atoms with E-state index in [4.69, 9.17) is 18.5 Å². The summed E-state index contributed by atoms with van der Waals surface area (Å²) in [5.41, 5.74) is 0. The second kappa shape index (κ2) is 36.6. The summed E-state index contributed by atoms with van der Waals surface area (Å²) in [4.78, 5) is 35.3. The highest BCUT2D eigenvalue weighted by atomic mass is 31.2. The molecule has 0 radical (unpaired) electrons. The molecule has 0 rings (SSSR count). The maximum absolute atomic E-state index is 12.6. The molecule has 0 aromatic rings. The Morgan fingerprint density at radius 2 is 1.00 bits per heavy atom. The molecule has 0 aliphatic rings. The highest BCUT2D eigenvalue weighted by molar-refractivity contribution is 7.47. The Kier molecular flexibility index (Phi) is 35.2. The first kappa shape index (κ1) is 52.0. The molecule has 0 aromatic heterocycles. The van der Waals surface area contributed by atoms with Crippen molar-refractivity contribution in [2.45, 2.75) is 174 Å². The standard InChI is InChI=1S/C44H80NO8P/c1-6-8-10-12-14-16-18-20-22-24-26-28-30-32-34-36-43(46)50-40-42(41-52-54(48,49)51-39-38-45(3,4)5)53-44(47)37-35-33-31-29-27-25-23-21-19-17-15-13-11-9-7-2/h15,17,20-23,27,29,42H,6-14,16,18-19,24-26,28,30-41H2,1-5H3/p+1/b17-15-,22-20-,23-21-,29-27-/t42-/m1/s1. The van der Waals surface area contributed by atoms with Crippen LogP contribution in [0, 0.1) is 0 Å². The Morgan fingerprint density at radius 1 is 0.574 bits per heavy atom.